The molecule has 3 atom stereocenters. The second kappa shape index (κ2) is 5.38. The first kappa shape index (κ1) is 13.7. The molecule has 1 fully saturated rings. The van der Waals surface area contributed by atoms with Crippen LogP contribution in [0.25, 0.3) is 0 Å². The number of fused-ring (bicyclic) bond motifs is 2. The summed E-state index contributed by atoms with van der Waals surface area (Å²) in [6, 6.07) is 16.6. The fourth-order valence-corrected chi connectivity index (χ4v) is 3.53. The molecule has 2 aliphatic rings. The minimum atomic E-state index is -0.0748. The smallest absolute Gasteiger partial charge is 0.161 e. The van der Waals surface area contributed by atoms with E-state index in [1.807, 2.05) is 18.2 Å². The molecule has 112 valence electrons. The molecule has 4 rings (SSSR count). The molecule has 2 aromatic rings. The van der Waals surface area contributed by atoms with Gasteiger partial charge in [-0.05, 0) is 30.5 Å². The predicted octanol–water partition coefficient (Wildman–Crippen LogP) is 3.09. The Balaban J connectivity index is 1.62. The molecule has 3 unspecified atom stereocenters. The monoisotopic (exact) mass is 310 g/mol. The van der Waals surface area contributed by atoms with E-state index >= 15 is 0 Å². The molecule has 2 aliphatic heterocycles. The van der Waals surface area contributed by atoms with E-state index in [4.69, 9.17) is 17.0 Å². The fourth-order valence-electron chi connectivity index (χ4n) is 3.21. The van der Waals surface area contributed by atoms with Gasteiger partial charge in [-0.1, -0.05) is 60.2 Å². The van der Waals surface area contributed by atoms with Crippen LogP contribution in [0, 0.1) is 12.8 Å². The van der Waals surface area contributed by atoms with Gasteiger partial charge in [0.2, 0.25) is 0 Å². The van der Waals surface area contributed by atoms with Gasteiger partial charge in [-0.3, -0.25) is 5.32 Å². The third-order valence-corrected chi connectivity index (χ3v) is 4.78. The summed E-state index contributed by atoms with van der Waals surface area (Å²) in [6.45, 7) is 2.10. The van der Waals surface area contributed by atoms with E-state index in [0.29, 0.717) is 0 Å². The number of nitrogens with one attached hydrogen (secondary N) is 2. The molecule has 2 N–H and O–H groups in total. The molecule has 2 heterocycles. The van der Waals surface area contributed by atoms with Crippen LogP contribution in [0.15, 0.2) is 48.5 Å². The van der Waals surface area contributed by atoms with E-state index in [0.717, 1.165) is 17.2 Å². The van der Waals surface area contributed by atoms with Crippen LogP contribution in [-0.2, 0) is 6.42 Å². The number of benzene rings is 2. The first-order chi connectivity index (χ1) is 10.7. The third-order valence-electron chi connectivity index (χ3n) is 4.36. The van der Waals surface area contributed by atoms with E-state index in [-0.39, 0.29) is 18.3 Å². The molecular formula is C18H18N2OS. The lowest BCUT2D eigenvalue weighted by Gasteiger charge is -2.42. The van der Waals surface area contributed by atoms with E-state index in [2.05, 4.69) is 47.9 Å². The molecular weight excluding hydrogens is 292 g/mol. The maximum atomic E-state index is 6.17. The van der Waals surface area contributed by atoms with Crippen molar-refractivity contribution >= 4 is 17.2 Å². The molecule has 0 spiro atoms. The highest BCUT2D eigenvalue weighted by atomic mass is 32.1. The maximum Gasteiger partial charge on any atom is 0.161 e. The van der Waals surface area contributed by atoms with Crippen LogP contribution in [0.4, 0.5) is 0 Å². The van der Waals surface area contributed by atoms with E-state index in [1.165, 1.54) is 16.7 Å². The van der Waals surface area contributed by atoms with E-state index < -0.39 is 0 Å². The molecule has 0 amide bonds. The minimum absolute atomic E-state index is 0.00180. The average Bonchev–Trinajstić information content (AvgIpc) is 2.54. The van der Waals surface area contributed by atoms with Crippen LogP contribution in [0.5, 0.6) is 5.75 Å². The van der Waals surface area contributed by atoms with Gasteiger partial charge in [0.25, 0.3) is 0 Å². The van der Waals surface area contributed by atoms with Gasteiger partial charge in [0.05, 0.1) is 10.9 Å². The molecule has 0 aromatic heterocycles. The number of hydrogen-bond donors (Lipinski definition) is 2. The van der Waals surface area contributed by atoms with Crippen LogP contribution < -0.4 is 15.4 Å². The van der Waals surface area contributed by atoms with Crippen molar-refractivity contribution in [1.82, 2.24) is 10.6 Å². The highest BCUT2D eigenvalue weighted by Gasteiger charge is 2.39. The van der Waals surface area contributed by atoms with E-state index in [9.17, 15) is 0 Å². The van der Waals surface area contributed by atoms with Crippen LogP contribution in [0.1, 0.15) is 22.9 Å². The Morgan fingerprint density at radius 2 is 1.95 bits per heavy atom. The highest BCUT2D eigenvalue weighted by Crippen LogP contribution is 2.34. The van der Waals surface area contributed by atoms with Crippen molar-refractivity contribution < 1.29 is 4.74 Å². The molecule has 22 heavy (non-hydrogen) atoms. The van der Waals surface area contributed by atoms with Crippen LogP contribution >= 0.6 is 12.2 Å². The molecule has 1 saturated heterocycles. The normalized spacial score (nSPS) is 26.4. The van der Waals surface area contributed by atoms with Crippen molar-refractivity contribution in [1.29, 1.82) is 0 Å². The molecule has 0 bridgehead atoms. The van der Waals surface area contributed by atoms with Crippen LogP contribution in [0.2, 0.25) is 0 Å². The lowest BCUT2D eigenvalue weighted by atomic mass is 9.91. The zero-order valence-electron chi connectivity index (χ0n) is 12.4. The summed E-state index contributed by atoms with van der Waals surface area (Å²) in [5.41, 5.74) is 3.66. The zero-order chi connectivity index (χ0) is 15.1. The highest BCUT2D eigenvalue weighted by molar-refractivity contribution is 7.80. The summed E-state index contributed by atoms with van der Waals surface area (Å²) in [7, 11) is 0. The Hall–Kier alpha value is -1.91. The lowest BCUT2D eigenvalue weighted by molar-refractivity contribution is 0.0806. The first-order valence-electron chi connectivity index (χ1n) is 7.58. The molecule has 0 radical (unpaired) electrons. The van der Waals surface area contributed by atoms with Gasteiger partial charge < -0.3 is 10.1 Å². The van der Waals surface area contributed by atoms with Crippen LogP contribution in [-0.4, -0.2) is 11.2 Å². The van der Waals surface area contributed by atoms with Crippen molar-refractivity contribution in [3.05, 3.63) is 65.2 Å². The SMILES string of the molecule is Cc1ccc2c(c1)CC1C(=S)NC(c3ccccc3)NC1O2. The van der Waals surface area contributed by atoms with Gasteiger partial charge in [0, 0.05) is 0 Å². The number of hydrogen-bond acceptors (Lipinski definition) is 3. The van der Waals surface area contributed by atoms with Crippen molar-refractivity contribution in [2.45, 2.75) is 25.7 Å². The Morgan fingerprint density at radius 1 is 1.14 bits per heavy atom. The van der Waals surface area contributed by atoms with Crippen molar-refractivity contribution in [2.75, 3.05) is 0 Å². The topological polar surface area (TPSA) is 33.3 Å². The van der Waals surface area contributed by atoms with Crippen molar-refractivity contribution in [3.8, 4) is 5.75 Å². The maximum absolute atomic E-state index is 6.17. The summed E-state index contributed by atoms with van der Waals surface area (Å²) < 4.78 is 6.17. The van der Waals surface area contributed by atoms with Gasteiger partial charge in [0.1, 0.15) is 11.9 Å². The fraction of sp³-hybridized carbons (Fsp3) is 0.278. The van der Waals surface area contributed by atoms with E-state index in [1.54, 1.807) is 0 Å². The number of rotatable bonds is 1. The number of thiocarbonyl (C=S) groups is 1. The summed E-state index contributed by atoms with van der Waals surface area (Å²) in [5.74, 6) is 1.15. The van der Waals surface area contributed by atoms with Gasteiger partial charge in [0.15, 0.2) is 6.23 Å². The Morgan fingerprint density at radius 3 is 2.77 bits per heavy atom. The molecule has 3 nitrogen and oxygen atoms in total. The number of aryl methyl sites for hydroxylation is 1. The van der Waals surface area contributed by atoms with Crippen molar-refractivity contribution in [2.24, 2.45) is 5.92 Å². The molecule has 0 saturated carbocycles. The average molecular weight is 310 g/mol. The van der Waals surface area contributed by atoms with Gasteiger partial charge >= 0.3 is 0 Å². The third kappa shape index (κ3) is 2.38. The summed E-state index contributed by atoms with van der Waals surface area (Å²) in [6.07, 6.45) is 0.846. The van der Waals surface area contributed by atoms with Crippen LogP contribution in [0.3, 0.4) is 0 Å². The summed E-state index contributed by atoms with van der Waals surface area (Å²) in [5, 5.41) is 6.95. The first-order valence-corrected chi connectivity index (χ1v) is 7.99. The summed E-state index contributed by atoms with van der Waals surface area (Å²) >= 11 is 5.61. The van der Waals surface area contributed by atoms with Gasteiger partial charge in [-0.2, -0.15) is 0 Å². The lowest BCUT2D eigenvalue weighted by Crippen LogP contribution is -2.60. The largest absolute Gasteiger partial charge is 0.474 e. The molecule has 0 aliphatic carbocycles. The van der Waals surface area contributed by atoms with Gasteiger partial charge in [-0.15, -0.1) is 0 Å². The minimum Gasteiger partial charge on any atom is -0.474 e. The second-order valence-electron chi connectivity index (χ2n) is 5.98. The quantitative estimate of drug-likeness (QED) is 0.793. The summed E-state index contributed by atoms with van der Waals surface area (Å²) in [4.78, 5) is 0.879. The number of ether oxygens (including phenoxy) is 1. The Kier molecular flexibility index (Phi) is 3.36. The predicted molar refractivity (Wildman–Crippen MR) is 90.8 cm³/mol. The molecule has 4 heteroatoms. The van der Waals surface area contributed by atoms with Crippen molar-refractivity contribution in [3.63, 3.8) is 0 Å². The Bertz CT molecular complexity index is 716. The van der Waals surface area contributed by atoms with Gasteiger partial charge in [-0.25, -0.2) is 0 Å². The zero-order valence-corrected chi connectivity index (χ0v) is 13.2. The standard InChI is InChI=1S/C18H18N2OS/c1-11-7-8-15-13(9-11)10-14-17(21-15)19-16(20-18(14)22)12-5-3-2-4-6-12/h2-9,14,16-17,19H,10H2,1H3,(H,20,22). The second-order valence-corrected chi connectivity index (χ2v) is 6.42. The molecule has 2 aromatic carbocycles. The Labute approximate surface area is 135 Å².